The largest absolute Gasteiger partial charge is 0.345 e. The first-order valence-electron chi connectivity index (χ1n) is 8.50. The van der Waals surface area contributed by atoms with E-state index in [1.165, 1.54) is 19.3 Å². The highest BCUT2D eigenvalue weighted by molar-refractivity contribution is 5.87. The summed E-state index contributed by atoms with van der Waals surface area (Å²) in [5.74, 6) is 0.383. The molecule has 2 amide bonds. The molecule has 1 aromatic rings. The van der Waals surface area contributed by atoms with E-state index in [0.29, 0.717) is 18.9 Å². The van der Waals surface area contributed by atoms with Crippen molar-refractivity contribution in [1.29, 1.82) is 0 Å². The molecule has 1 aliphatic rings. The summed E-state index contributed by atoms with van der Waals surface area (Å²) < 4.78 is 0. The predicted molar refractivity (Wildman–Crippen MR) is 89.5 cm³/mol. The lowest BCUT2D eigenvalue weighted by Gasteiger charge is -2.24. The molecule has 1 saturated carbocycles. The average Bonchev–Trinajstić information content (AvgIpc) is 2.55. The number of likely N-dealkylation sites (N-methyl/N-ethyl adjacent to an activating group) is 1. The molecule has 5 nitrogen and oxygen atoms in total. The fourth-order valence-electron chi connectivity index (χ4n) is 3.16. The van der Waals surface area contributed by atoms with Gasteiger partial charge < -0.3 is 10.2 Å². The number of carbonyl (C=O) groups is 2. The second kappa shape index (κ2) is 8.65. The third-order valence-electron chi connectivity index (χ3n) is 4.45. The fraction of sp³-hybridized carbons (Fsp3) is 0.611. The number of nitrogens with zero attached hydrogens (tertiary/aromatic N) is 2. The Morgan fingerprint density at radius 1 is 1.30 bits per heavy atom. The van der Waals surface area contributed by atoms with Crippen LogP contribution in [0.15, 0.2) is 24.4 Å². The maximum atomic E-state index is 12.4. The zero-order valence-corrected chi connectivity index (χ0v) is 14.1. The van der Waals surface area contributed by atoms with Gasteiger partial charge in [0.25, 0.3) is 0 Å². The molecule has 2 rings (SSSR count). The van der Waals surface area contributed by atoms with Crippen LogP contribution in [0.4, 0.5) is 0 Å². The van der Waals surface area contributed by atoms with Crippen LogP contribution in [0, 0.1) is 5.92 Å². The summed E-state index contributed by atoms with van der Waals surface area (Å²) in [4.78, 5) is 30.3. The molecule has 0 aliphatic heterocycles. The molecule has 0 unspecified atom stereocenters. The molecule has 0 spiro atoms. The van der Waals surface area contributed by atoms with Crippen LogP contribution in [0.2, 0.25) is 0 Å². The zero-order chi connectivity index (χ0) is 16.7. The van der Waals surface area contributed by atoms with Gasteiger partial charge in [-0.25, -0.2) is 0 Å². The Labute approximate surface area is 138 Å². The Morgan fingerprint density at radius 3 is 2.70 bits per heavy atom. The van der Waals surface area contributed by atoms with E-state index in [4.69, 9.17) is 0 Å². The van der Waals surface area contributed by atoms with Gasteiger partial charge in [0, 0.05) is 19.7 Å². The van der Waals surface area contributed by atoms with Crippen molar-refractivity contribution in [3.8, 4) is 0 Å². The molecule has 1 atom stereocenters. The topological polar surface area (TPSA) is 62.3 Å². The van der Waals surface area contributed by atoms with E-state index in [1.54, 1.807) is 25.1 Å². The number of amides is 2. The summed E-state index contributed by atoms with van der Waals surface area (Å²) in [6, 6.07) is 5.13. The van der Waals surface area contributed by atoms with Crippen LogP contribution >= 0.6 is 0 Å². The summed E-state index contributed by atoms with van der Waals surface area (Å²) in [6.07, 6.45) is 8.25. The molecule has 0 radical (unpaired) electrons. The van der Waals surface area contributed by atoms with Crippen LogP contribution < -0.4 is 5.32 Å². The summed E-state index contributed by atoms with van der Waals surface area (Å²) >= 11 is 0. The normalized spacial score (nSPS) is 16.6. The van der Waals surface area contributed by atoms with Gasteiger partial charge in [0.1, 0.15) is 6.04 Å². The van der Waals surface area contributed by atoms with Gasteiger partial charge in [-0.3, -0.25) is 14.6 Å². The third-order valence-corrected chi connectivity index (χ3v) is 4.45. The van der Waals surface area contributed by atoms with Crippen molar-refractivity contribution in [3.63, 3.8) is 0 Å². The molecular weight excluding hydrogens is 290 g/mol. The number of aromatic nitrogens is 1. The van der Waals surface area contributed by atoms with E-state index in [-0.39, 0.29) is 11.8 Å². The maximum absolute atomic E-state index is 12.4. The number of carbonyl (C=O) groups excluding carboxylic acids is 2. The molecule has 5 heteroatoms. The Bertz CT molecular complexity index is 512. The number of hydrogen-bond donors (Lipinski definition) is 1. The van der Waals surface area contributed by atoms with Crippen LogP contribution in [0.1, 0.15) is 51.1 Å². The lowest BCUT2D eigenvalue weighted by molar-refractivity contribution is -0.135. The summed E-state index contributed by atoms with van der Waals surface area (Å²) in [7, 11) is 1.74. The first-order chi connectivity index (χ1) is 11.1. The van der Waals surface area contributed by atoms with E-state index in [1.807, 2.05) is 18.2 Å². The van der Waals surface area contributed by atoms with E-state index < -0.39 is 6.04 Å². The molecule has 1 fully saturated rings. The highest BCUT2D eigenvalue weighted by Gasteiger charge is 2.22. The summed E-state index contributed by atoms with van der Waals surface area (Å²) in [5.41, 5.74) is 0.837. The van der Waals surface area contributed by atoms with E-state index in [2.05, 4.69) is 10.3 Å². The molecule has 1 aliphatic carbocycles. The van der Waals surface area contributed by atoms with Gasteiger partial charge in [-0.05, 0) is 37.8 Å². The predicted octanol–water partition coefficient (Wildman–Crippen LogP) is 2.52. The quantitative estimate of drug-likeness (QED) is 0.877. The Kier molecular flexibility index (Phi) is 6.56. The van der Waals surface area contributed by atoms with Crippen molar-refractivity contribution in [3.05, 3.63) is 30.1 Å². The monoisotopic (exact) mass is 317 g/mol. The number of rotatable bonds is 6. The molecular formula is C18H27N3O2. The lowest BCUT2D eigenvalue weighted by atomic mass is 9.87. The van der Waals surface area contributed by atoms with Gasteiger partial charge in [0.15, 0.2) is 0 Å². The van der Waals surface area contributed by atoms with Gasteiger partial charge in [-0.2, -0.15) is 0 Å². The highest BCUT2D eigenvalue weighted by Crippen LogP contribution is 2.26. The molecule has 1 heterocycles. The summed E-state index contributed by atoms with van der Waals surface area (Å²) in [6.45, 7) is 2.19. The smallest absolute Gasteiger partial charge is 0.244 e. The van der Waals surface area contributed by atoms with Crippen molar-refractivity contribution >= 4 is 11.8 Å². The second-order valence-corrected chi connectivity index (χ2v) is 6.51. The Hall–Kier alpha value is -1.91. The van der Waals surface area contributed by atoms with E-state index in [0.717, 1.165) is 18.5 Å². The molecule has 1 N–H and O–H groups in total. The maximum Gasteiger partial charge on any atom is 0.244 e. The van der Waals surface area contributed by atoms with Crippen LogP contribution in [0.5, 0.6) is 0 Å². The molecule has 1 aromatic heterocycles. The van der Waals surface area contributed by atoms with Crippen LogP contribution in [0.3, 0.4) is 0 Å². The van der Waals surface area contributed by atoms with Crippen molar-refractivity contribution in [2.75, 3.05) is 7.05 Å². The zero-order valence-electron chi connectivity index (χ0n) is 14.1. The highest BCUT2D eigenvalue weighted by atomic mass is 16.2. The van der Waals surface area contributed by atoms with Gasteiger partial charge in [0.2, 0.25) is 11.8 Å². The molecule has 0 bridgehead atoms. The minimum Gasteiger partial charge on any atom is -0.345 e. The van der Waals surface area contributed by atoms with Crippen molar-refractivity contribution in [2.24, 2.45) is 5.92 Å². The summed E-state index contributed by atoms with van der Waals surface area (Å²) in [5, 5.41) is 2.84. The van der Waals surface area contributed by atoms with E-state index >= 15 is 0 Å². The van der Waals surface area contributed by atoms with Crippen LogP contribution in [-0.4, -0.2) is 34.8 Å². The standard InChI is InChI=1S/C18H27N3O2/c1-14(20-17(22)12-15-8-4-3-5-9-15)18(23)21(2)13-16-10-6-7-11-19-16/h6-7,10-11,14-15H,3-5,8-9,12-13H2,1-2H3,(H,20,22)/t14-/m0/s1. The number of nitrogens with one attached hydrogen (secondary N) is 1. The second-order valence-electron chi connectivity index (χ2n) is 6.51. The third kappa shape index (κ3) is 5.66. The van der Waals surface area contributed by atoms with E-state index in [9.17, 15) is 9.59 Å². The lowest BCUT2D eigenvalue weighted by Crippen LogP contribution is -2.45. The number of hydrogen-bond acceptors (Lipinski definition) is 3. The minimum atomic E-state index is -0.500. The SMILES string of the molecule is C[C@H](NC(=O)CC1CCCCC1)C(=O)N(C)Cc1ccccn1. The average molecular weight is 317 g/mol. The first-order valence-corrected chi connectivity index (χ1v) is 8.50. The van der Waals surface area contributed by atoms with Crippen molar-refractivity contribution in [2.45, 2.75) is 58.0 Å². The fourth-order valence-corrected chi connectivity index (χ4v) is 3.16. The van der Waals surface area contributed by atoms with Gasteiger partial charge in [-0.15, -0.1) is 0 Å². The molecule has 126 valence electrons. The Balaban J connectivity index is 1.78. The molecule has 23 heavy (non-hydrogen) atoms. The molecule has 0 saturated heterocycles. The van der Waals surface area contributed by atoms with Crippen molar-refractivity contribution in [1.82, 2.24) is 15.2 Å². The van der Waals surface area contributed by atoms with Gasteiger partial charge >= 0.3 is 0 Å². The molecule has 0 aromatic carbocycles. The van der Waals surface area contributed by atoms with Crippen LogP contribution in [0.25, 0.3) is 0 Å². The number of pyridine rings is 1. The van der Waals surface area contributed by atoms with Crippen LogP contribution in [-0.2, 0) is 16.1 Å². The first kappa shape index (κ1) is 17.4. The van der Waals surface area contributed by atoms with Crippen molar-refractivity contribution < 1.29 is 9.59 Å². The van der Waals surface area contributed by atoms with Gasteiger partial charge in [0.05, 0.1) is 12.2 Å². The van der Waals surface area contributed by atoms with Gasteiger partial charge in [-0.1, -0.05) is 25.3 Å². The minimum absolute atomic E-state index is 0.0102. The Morgan fingerprint density at radius 2 is 2.04 bits per heavy atom.